The van der Waals surface area contributed by atoms with Gasteiger partial charge in [0.25, 0.3) is 0 Å². The third kappa shape index (κ3) is 2.81. The van der Waals surface area contributed by atoms with E-state index in [0.717, 1.165) is 11.3 Å². The first-order valence-corrected chi connectivity index (χ1v) is 5.79. The van der Waals surface area contributed by atoms with Gasteiger partial charge in [-0.25, -0.2) is 0 Å². The molecule has 78 valence electrons. The van der Waals surface area contributed by atoms with Gasteiger partial charge in [-0.1, -0.05) is 30.3 Å². The van der Waals surface area contributed by atoms with E-state index in [9.17, 15) is 5.11 Å². The van der Waals surface area contributed by atoms with Gasteiger partial charge in [0.05, 0.1) is 6.10 Å². The molecule has 0 aliphatic heterocycles. The van der Waals surface area contributed by atoms with Gasteiger partial charge in [-0.2, -0.15) is 11.3 Å². The summed E-state index contributed by atoms with van der Waals surface area (Å²) in [5.41, 5.74) is 2.01. The number of hydrogen-bond acceptors (Lipinski definition) is 3. The number of hydrogen-bond donors (Lipinski definition) is 2. The van der Waals surface area contributed by atoms with Crippen molar-refractivity contribution in [3.8, 4) is 0 Å². The van der Waals surface area contributed by atoms with Gasteiger partial charge in [-0.15, -0.1) is 0 Å². The largest absolute Gasteiger partial charge is 0.387 e. The van der Waals surface area contributed by atoms with E-state index in [4.69, 9.17) is 0 Å². The lowest BCUT2D eigenvalue weighted by atomic mass is 10.1. The summed E-state index contributed by atoms with van der Waals surface area (Å²) >= 11 is 1.64. The first-order chi connectivity index (χ1) is 7.36. The fraction of sp³-hybridized carbons (Fsp3) is 0.167. The Morgan fingerprint density at radius 2 is 2.00 bits per heavy atom. The van der Waals surface area contributed by atoms with Crippen LogP contribution in [0.4, 0.5) is 5.69 Å². The van der Waals surface area contributed by atoms with Crippen molar-refractivity contribution in [2.75, 3.05) is 11.9 Å². The van der Waals surface area contributed by atoms with Crippen molar-refractivity contribution in [3.63, 3.8) is 0 Å². The van der Waals surface area contributed by atoms with Crippen molar-refractivity contribution in [1.29, 1.82) is 0 Å². The molecule has 0 spiro atoms. The molecule has 0 fully saturated rings. The van der Waals surface area contributed by atoms with E-state index >= 15 is 0 Å². The van der Waals surface area contributed by atoms with Crippen LogP contribution in [-0.4, -0.2) is 11.7 Å². The smallest absolute Gasteiger partial charge is 0.0962 e. The highest BCUT2D eigenvalue weighted by atomic mass is 32.1. The molecule has 1 atom stereocenters. The zero-order chi connectivity index (χ0) is 10.5. The van der Waals surface area contributed by atoms with E-state index in [0.29, 0.717) is 6.54 Å². The van der Waals surface area contributed by atoms with Crippen molar-refractivity contribution < 1.29 is 5.11 Å². The van der Waals surface area contributed by atoms with Crippen LogP contribution in [-0.2, 0) is 0 Å². The van der Waals surface area contributed by atoms with Crippen LogP contribution in [0.3, 0.4) is 0 Å². The Morgan fingerprint density at radius 1 is 1.20 bits per heavy atom. The SMILES string of the molecule is OC(CNc1ccsc1)c1ccccc1. The van der Waals surface area contributed by atoms with Crippen molar-refractivity contribution in [2.24, 2.45) is 0 Å². The minimum atomic E-state index is -0.453. The van der Waals surface area contributed by atoms with E-state index in [1.54, 1.807) is 11.3 Å². The normalized spacial score (nSPS) is 12.3. The molecular formula is C12H13NOS. The standard InChI is InChI=1S/C12H13NOS/c14-12(10-4-2-1-3-5-10)8-13-11-6-7-15-9-11/h1-7,9,12-14H,8H2. The van der Waals surface area contributed by atoms with Gasteiger partial charge in [-0.05, 0) is 17.0 Å². The molecule has 15 heavy (non-hydrogen) atoms. The van der Waals surface area contributed by atoms with Crippen LogP contribution >= 0.6 is 11.3 Å². The Bertz CT molecular complexity index is 385. The summed E-state index contributed by atoms with van der Waals surface area (Å²) in [6.45, 7) is 0.542. The molecule has 0 saturated carbocycles. The second-order valence-electron chi connectivity index (χ2n) is 3.32. The number of aliphatic hydroxyl groups is 1. The summed E-state index contributed by atoms with van der Waals surface area (Å²) in [6, 6.07) is 11.7. The maximum atomic E-state index is 9.86. The van der Waals surface area contributed by atoms with Gasteiger partial charge >= 0.3 is 0 Å². The highest BCUT2D eigenvalue weighted by Crippen LogP contribution is 2.15. The molecule has 1 aromatic carbocycles. The summed E-state index contributed by atoms with van der Waals surface area (Å²) in [7, 11) is 0. The molecule has 2 nitrogen and oxygen atoms in total. The topological polar surface area (TPSA) is 32.3 Å². The number of benzene rings is 1. The molecular weight excluding hydrogens is 206 g/mol. The fourth-order valence-electron chi connectivity index (χ4n) is 1.37. The first kappa shape index (κ1) is 10.2. The molecule has 0 saturated heterocycles. The minimum absolute atomic E-state index is 0.453. The van der Waals surface area contributed by atoms with E-state index < -0.39 is 6.10 Å². The molecule has 0 aliphatic rings. The first-order valence-electron chi connectivity index (χ1n) is 4.85. The summed E-state index contributed by atoms with van der Waals surface area (Å²) in [5, 5.41) is 17.1. The third-order valence-corrected chi connectivity index (χ3v) is 2.89. The Labute approximate surface area is 93.2 Å². The highest BCUT2D eigenvalue weighted by Gasteiger charge is 2.05. The average Bonchev–Trinajstić information content (AvgIpc) is 2.80. The van der Waals surface area contributed by atoms with Gasteiger partial charge < -0.3 is 10.4 Å². The highest BCUT2D eigenvalue weighted by molar-refractivity contribution is 7.08. The lowest BCUT2D eigenvalue weighted by Gasteiger charge is -2.11. The van der Waals surface area contributed by atoms with E-state index in [-0.39, 0.29) is 0 Å². The van der Waals surface area contributed by atoms with Crippen LogP contribution in [0.25, 0.3) is 0 Å². The summed E-state index contributed by atoms with van der Waals surface area (Å²) < 4.78 is 0. The molecule has 0 bridgehead atoms. The maximum absolute atomic E-state index is 9.86. The van der Waals surface area contributed by atoms with Crippen LogP contribution in [0.5, 0.6) is 0 Å². The number of anilines is 1. The molecule has 1 heterocycles. The van der Waals surface area contributed by atoms with Crippen molar-refractivity contribution >= 4 is 17.0 Å². The van der Waals surface area contributed by atoms with E-state index in [1.165, 1.54) is 0 Å². The molecule has 1 unspecified atom stereocenters. The van der Waals surface area contributed by atoms with Crippen LogP contribution in [0.15, 0.2) is 47.2 Å². The van der Waals surface area contributed by atoms with Gasteiger partial charge in [0.15, 0.2) is 0 Å². The quantitative estimate of drug-likeness (QED) is 0.828. The average molecular weight is 219 g/mol. The van der Waals surface area contributed by atoms with Crippen molar-refractivity contribution in [2.45, 2.75) is 6.10 Å². The monoisotopic (exact) mass is 219 g/mol. The molecule has 3 heteroatoms. The molecule has 2 aromatic rings. The molecule has 0 amide bonds. The Balaban J connectivity index is 1.90. The van der Waals surface area contributed by atoms with E-state index in [1.807, 2.05) is 47.2 Å². The molecule has 0 radical (unpaired) electrons. The number of aliphatic hydroxyl groups excluding tert-OH is 1. The zero-order valence-electron chi connectivity index (χ0n) is 8.26. The van der Waals surface area contributed by atoms with Crippen LogP contribution in [0.2, 0.25) is 0 Å². The van der Waals surface area contributed by atoms with Gasteiger partial charge in [0.1, 0.15) is 0 Å². The molecule has 2 rings (SSSR count). The van der Waals surface area contributed by atoms with Crippen LogP contribution in [0.1, 0.15) is 11.7 Å². The predicted molar refractivity (Wildman–Crippen MR) is 64.2 cm³/mol. The van der Waals surface area contributed by atoms with Crippen molar-refractivity contribution in [3.05, 3.63) is 52.7 Å². The maximum Gasteiger partial charge on any atom is 0.0962 e. The lowest BCUT2D eigenvalue weighted by molar-refractivity contribution is 0.191. The molecule has 2 N–H and O–H groups in total. The van der Waals surface area contributed by atoms with Crippen molar-refractivity contribution in [1.82, 2.24) is 0 Å². The third-order valence-electron chi connectivity index (χ3n) is 2.21. The van der Waals surface area contributed by atoms with Gasteiger partial charge in [-0.3, -0.25) is 0 Å². The van der Waals surface area contributed by atoms with Crippen LogP contribution < -0.4 is 5.32 Å². The second kappa shape index (κ2) is 4.96. The Morgan fingerprint density at radius 3 is 2.67 bits per heavy atom. The molecule has 0 aliphatic carbocycles. The number of thiophene rings is 1. The van der Waals surface area contributed by atoms with Gasteiger partial charge in [0.2, 0.25) is 0 Å². The second-order valence-corrected chi connectivity index (χ2v) is 4.10. The number of rotatable bonds is 4. The van der Waals surface area contributed by atoms with E-state index in [2.05, 4.69) is 5.32 Å². The summed E-state index contributed by atoms with van der Waals surface area (Å²) in [6.07, 6.45) is -0.453. The summed E-state index contributed by atoms with van der Waals surface area (Å²) in [5.74, 6) is 0. The fourth-order valence-corrected chi connectivity index (χ4v) is 1.98. The minimum Gasteiger partial charge on any atom is -0.387 e. The lowest BCUT2D eigenvalue weighted by Crippen LogP contribution is -2.11. The van der Waals surface area contributed by atoms with Crippen LogP contribution in [0, 0.1) is 0 Å². The van der Waals surface area contributed by atoms with Gasteiger partial charge in [0, 0.05) is 17.6 Å². The number of nitrogens with one attached hydrogen (secondary N) is 1. The Hall–Kier alpha value is -1.32. The predicted octanol–water partition coefficient (Wildman–Crippen LogP) is 2.89. The Kier molecular flexibility index (Phi) is 3.37. The summed E-state index contributed by atoms with van der Waals surface area (Å²) in [4.78, 5) is 0. The zero-order valence-corrected chi connectivity index (χ0v) is 9.08. The molecule has 1 aromatic heterocycles.